The maximum Gasteiger partial charge on any atom is 0.451 e. The van der Waals surface area contributed by atoms with Crippen LogP contribution in [0, 0.1) is 12.8 Å². The molecule has 2 aliphatic rings. The van der Waals surface area contributed by atoms with E-state index in [1.165, 1.54) is 23.1 Å². The van der Waals surface area contributed by atoms with Gasteiger partial charge in [0.05, 0.1) is 0 Å². The molecule has 160 valence electrons. The Kier molecular flexibility index (Phi) is 7.38. The van der Waals surface area contributed by atoms with E-state index in [4.69, 9.17) is 15.8 Å². The third-order valence-corrected chi connectivity index (χ3v) is 6.98. The number of aryl methyl sites for hydroxylation is 2. The molecule has 0 saturated carbocycles. The lowest BCUT2D eigenvalue weighted by Crippen LogP contribution is -2.57. The highest BCUT2D eigenvalue weighted by atomic mass is 16.4. The highest BCUT2D eigenvalue weighted by Gasteiger charge is 2.43. The van der Waals surface area contributed by atoms with Gasteiger partial charge in [-0.3, -0.25) is 9.69 Å². The molecule has 1 aromatic carbocycles. The molecule has 1 saturated heterocycles. The SMILES string of the molecule is Cc1ccc2c(c1)CCCC2N1CCC([C@@](N)(CCCCB(O)O)C(=O)O)CC1. The molecule has 2 atom stereocenters. The zero-order valence-corrected chi connectivity index (χ0v) is 17.5. The predicted molar refractivity (Wildman–Crippen MR) is 115 cm³/mol. The van der Waals surface area contributed by atoms with Gasteiger partial charge in [0.25, 0.3) is 0 Å². The van der Waals surface area contributed by atoms with Gasteiger partial charge in [-0.1, -0.05) is 36.6 Å². The van der Waals surface area contributed by atoms with Gasteiger partial charge in [0.15, 0.2) is 0 Å². The van der Waals surface area contributed by atoms with Crippen molar-refractivity contribution in [2.45, 2.75) is 76.2 Å². The van der Waals surface area contributed by atoms with Crippen molar-refractivity contribution in [3.63, 3.8) is 0 Å². The molecule has 1 heterocycles. The van der Waals surface area contributed by atoms with Gasteiger partial charge in [-0.25, -0.2) is 0 Å². The van der Waals surface area contributed by atoms with E-state index in [0.717, 1.165) is 38.8 Å². The summed E-state index contributed by atoms with van der Waals surface area (Å²) < 4.78 is 0. The van der Waals surface area contributed by atoms with Crippen molar-refractivity contribution in [1.82, 2.24) is 4.90 Å². The molecular formula is C22H35BN2O4. The van der Waals surface area contributed by atoms with Crippen LogP contribution in [0.1, 0.15) is 67.7 Å². The molecule has 0 bridgehead atoms. The molecule has 1 aliphatic heterocycles. The van der Waals surface area contributed by atoms with Crippen molar-refractivity contribution in [3.05, 3.63) is 34.9 Å². The molecular weight excluding hydrogens is 367 g/mol. The molecule has 29 heavy (non-hydrogen) atoms. The number of nitrogens with zero attached hydrogens (tertiary/aromatic N) is 1. The van der Waals surface area contributed by atoms with Crippen LogP contribution in [0.25, 0.3) is 0 Å². The number of rotatable bonds is 8. The van der Waals surface area contributed by atoms with Crippen LogP contribution < -0.4 is 5.73 Å². The van der Waals surface area contributed by atoms with Crippen LogP contribution in [0.2, 0.25) is 6.32 Å². The molecule has 6 nitrogen and oxygen atoms in total. The van der Waals surface area contributed by atoms with Crippen LogP contribution in [-0.2, 0) is 11.2 Å². The number of fused-ring (bicyclic) bond motifs is 1. The van der Waals surface area contributed by atoms with Crippen LogP contribution in [0.5, 0.6) is 0 Å². The lowest BCUT2D eigenvalue weighted by Gasteiger charge is -2.44. The summed E-state index contributed by atoms with van der Waals surface area (Å²) in [6.45, 7) is 3.90. The average Bonchev–Trinajstić information content (AvgIpc) is 2.70. The van der Waals surface area contributed by atoms with Crippen LogP contribution in [0.3, 0.4) is 0 Å². The summed E-state index contributed by atoms with van der Waals surface area (Å²) in [6.07, 6.45) is 6.91. The van der Waals surface area contributed by atoms with Crippen molar-refractivity contribution in [3.8, 4) is 0 Å². The number of nitrogens with two attached hydrogens (primary N) is 1. The fourth-order valence-electron chi connectivity index (χ4n) is 5.25. The van der Waals surface area contributed by atoms with Gasteiger partial charge in [-0.05, 0) is 81.9 Å². The monoisotopic (exact) mass is 402 g/mol. The number of hydrogen-bond donors (Lipinski definition) is 4. The maximum absolute atomic E-state index is 12.0. The molecule has 1 aromatic rings. The summed E-state index contributed by atoms with van der Waals surface area (Å²) >= 11 is 0. The predicted octanol–water partition coefficient (Wildman–Crippen LogP) is 2.51. The van der Waals surface area contributed by atoms with Gasteiger partial charge in [0.1, 0.15) is 5.54 Å². The summed E-state index contributed by atoms with van der Waals surface area (Å²) in [7, 11) is -1.34. The summed E-state index contributed by atoms with van der Waals surface area (Å²) in [4.78, 5) is 14.5. The van der Waals surface area contributed by atoms with E-state index in [1.807, 2.05) is 0 Å². The first-order valence-electron chi connectivity index (χ1n) is 11.0. The number of carboxylic acid groups (broad SMARTS) is 1. The standard InChI is InChI=1S/C22H35BN2O4/c1-16-7-8-19-17(15-16)5-4-6-20(19)25-13-9-18(10-14-25)22(24,21(26)27)11-2-3-12-23(28)29/h7-8,15,18,20,28-29H,2-6,9-14,24H2,1H3,(H,26,27)/t20?,22-/m0/s1. The Morgan fingerprint density at radius 2 is 1.97 bits per heavy atom. The van der Waals surface area contributed by atoms with Gasteiger partial charge < -0.3 is 20.9 Å². The molecule has 0 spiro atoms. The van der Waals surface area contributed by atoms with E-state index in [1.54, 1.807) is 0 Å². The molecule has 0 aromatic heterocycles. The van der Waals surface area contributed by atoms with Gasteiger partial charge in [0, 0.05) is 6.04 Å². The molecule has 1 aliphatic carbocycles. The van der Waals surface area contributed by atoms with Crippen molar-refractivity contribution in [1.29, 1.82) is 0 Å². The smallest absolute Gasteiger partial charge is 0.451 e. The maximum atomic E-state index is 12.0. The normalized spacial score (nSPS) is 22.7. The fraction of sp³-hybridized carbons (Fsp3) is 0.682. The third kappa shape index (κ3) is 5.20. The largest absolute Gasteiger partial charge is 0.480 e. The van der Waals surface area contributed by atoms with Crippen molar-refractivity contribution < 1.29 is 19.9 Å². The van der Waals surface area contributed by atoms with Crippen molar-refractivity contribution >= 4 is 13.1 Å². The minimum Gasteiger partial charge on any atom is -0.480 e. The van der Waals surface area contributed by atoms with E-state index in [2.05, 4.69) is 30.0 Å². The van der Waals surface area contributed by atoms with E-state index < -0.39 is 18.6 Å². The molecule has 7 heteroatoms. The van der Waals surface area contributed by atoms with Crippen molar-refractivity contribution in [2.75, 3.05) is 13.1 Å². The molecule has 5 N–H and O–H groups in total. The number of carboxylic acids is 1. The Morgan fingerprint density at radius 1 is 1.24 bits per heavy atom. The molecule has 0 amide bonds. The van der Waals surface area contributed by atoms with Crippen LogP contribution in [-0.4, -0.2) is 51.8 Å². The molecule has 1 unspecified atom stereocenters. The topological polar surface area (TPSA) is 107 Å². The zero-order valence-electron chi connectivity index (χ0n) is 17.5. The first-order valence-corrected chi connectivity index (χ1v) is 11.0. The Balaban J connectivity index is 1.61. The zero-order chi connectivity index (χ0) is 21.0. The molecule has 1 fully saturated rings. The lowest BCUT2D eigenvalue weighted by atomic mass is 9.73. The Hall–Kier alpha value is -1.41. The summed E-state index contributed by atoms with van der Waals surface area (Å²) in [5, 5.41) is 27.8. The summed E-state index contributed by atoms with van der Waals surface area (Å²) in [6, 6.07) is 7.22. The third-order valence-electron chi connectivity index (χ3n) is 6.98. The highest BCUT2D eigenvalue weighted by Crippen LogP contribution is 2.39. The van der Waals surface area contributed by atoms with Crippen LogP contribution >= 0.6 is 0 Å². The van der Waals surface area contributed by atoms with Crippen LogP contribution in [0.15, 0.2) is 18.2 Å². The minimum atomic E-state index is -1.34. The van der Waals surface area contributed by atoms with Crippen LogP contribution in [0.4, 0.5) is 0 Å². The van der Waals surface area contributed by atoms with Crippen molar-refractivity contribution in [2.24, 2.45) is 11.7 Å². The Morgan fingerprint density at radius 3 is 2.62 bits per heavy atom. The average molecular weight is 402 g/mol. The van der Waals surface area contributed by atoms with Gasteiger partial charge >= 0.3 is 13.1 Å². The van der Waals surface area contributed by atoms with E-state index in [0.29, 0.717) is 25.3 Å². The van der Waals surface area contributed by atoms with E-state index in [9.17, 15) is 9.90 Å². The second-order valence-corrected chi connectivity index (χ2v) is 8.99. The number of hydrogen-bond acceptors (Lipinski definition) is 5. The van der Waals surface area contributed by atoms with E-state index in [-0.39, 0.29) is 12.2 Å². The van der Waals surface area contributed by atoms with E-state index >= 15 is 0 Å². The second-order valence-electron chi connectivity index (χ2n) is 8.99. The first-order chi connectivity index (χ1) is 13.8. The summed E-state index contributed by atoms with van der Waals surface area (Å²) in [5.41, 5.74) is 9.40. The van der Waals surface area contributed by atoms with Gasteiger partial charge in [0.2, 0.25) is 0 Å². The fourth-order valence-corrected chi connectivity index (χ4v) is 5.25. The summed E-state index contributed by atoms with van der Waals surface area (Å²) in [5.74, 6) is -0.977. The Labute approximate surface area is 174 Å². The second kappa shape index (κ2) is 9.60. The van der Waals surface area contributed by atoms with Gasteiger partial charge in [-0.15, -0.1) is 0 Å². The Bertz CT molecular complexity index is 706. The lowest BCUT2D eigenvalue weighted by molar-refractivity contribution is -0.147. The highest BCUT2D eigenvalue weighted by molar-refractivity contribution is 6.40. The first kappa shape index (κ1) is 22.3. The van der Waals surface area contributed by atoms with Gasteiger partial charge in [-0.2, -0.15) is 0 Å². The number of likely N-dealkylation sites (tertiary alicyclic amines) is 1. The molecule has 3 rings (SSSR count). The number of benzene rings is 1. The number of piperidine rings is 1. The number of carbonyl (C=O) groups is 1. The quantitative estimate of drug-likeness (QED) is 0.393. The number of unbranched alkanes of at least 4 members (excludes halogenated alkanes) is 1. The minimum absolute atomic E-state index is 0.0450. The molecule has 0 radical (unpaired) electrons. The number of aliphatic carboxylic acids is 1.